The van der Waals surface area contributed by atoms with Crippen LogP contribution in [0.5, 0.6) is 0 Å². The molecule has 0 bridgehead atoms. The maximum Gasteiger partial charge on any atom is 0.303 e. The van der Waals surface area contributed by atoms with Crippen LogP contribution in [0, 0.1) is 0 Å². The Bertz CT molecular complexity index is 617. The van der Waals surface area contributed by atoms with Crippen molar-refractivity contribution in [3.63, 3.8) is 0 Å². The Labute approximate surface area is 108 Å². The summed E-state index contributed by atoms with van der Waals surface area (Å²) in [4.78, 5) is 24.1. The molecule has 0 amide bonds. The van der Waals surface area contributed by atoms with Gasteiger partial charge in [-0.15, -0.1) is 10.2 Å². The summed E-state index contributed by atoms with van der Waals surface area (Å²) >= 11 is 0. The van der Waals surface area contributed by atoms with Crippen LogP contribution in [-0.2, 0) is 11.2 Å². The molecular weight excluding hydrogens is 250 g/mol. The summed E-state index contributed by atoms with van der Waals surface area (Å²) in [5.41, 5.74) is 0.232. The Morgan fingerprint density at radius 1 is 1.32 bits per heavy atom. The van der Waals surface area contributed by atoms with Gasteiger partial charge in [0, 0.05) is 18.9 Å². The van der Waals surface area contributed by atoms with Gasteiger partial charge in [0.1, 0.15) is 5.69 Å². The maximum atomic E-state index is 11.1. The first-order valence-corrected chi connectivity index (χ1v) is 5.89. The van der Waals surface area contributed by atoms with Crippen LogP contribution in [0.15, 0.2) is 27.4 Å². The predicted molar refractivity (Wildman–Crippen MR) is 65.5 cm³/mol. The summed E-state index contributed by atoms with van der Waals surface area (Å²) in [5.74, 6) is -0.121. The van der Waals surface area contributed by atoms with Crippen molar-refractivity contribution in [1.29, 1.82) is 0 Å². The molecule has 2 aromatic rings. The largest absolute Gasteiger partial charge is 0.481 e. The number of unbranched alkanes of at least 4 members (excludes halogenated alkanes) is 1. The van der Waals surface area contributed by atoms with E-state index in [1.807, 2.05) is 0 Å². The number of carbonyl (C=O) groups is 1. The molecule has 2 N–H and O–H groups in total. The number of aliphatic carboxylic acids is 1. The van der Waals surface area contributed by atoms with Crippen molar-refractivity contribution >= 4 is 5.97 Å². The van der Waals surface area contributed by atoms with Gasteiger partial charge in [-0.05, 0) is 18.9 Å². The summed E-state index contributed by atoms with van der Waals surface area (Å²) in [6.45, 7) is 0. The van der Waals surface area contributed by atoms with Gasteiger partial charge in [-0.1, -0.05) is 6.07 Å². The highest BCUT2D eigenvalue weighted by molar-refractivity contribution is 5.66. The smallest absolute Gasteiger partial charge is 0.303 e. The van der Waals surface area contributed by atoms with Gasteiger partial charge >= 0.3 is 5.97 Å². The molecule has 0 aromatic carbocycles. The van der Waals surface area contributed by atoms with E-state index < -0.39 is 5.97 Å². The molecule has 7 heteroatoms. The van der Waals surface area contributed by atoms with Crippen molar-refractivity contribution < 1.29 is 14.3 Å². The first kappa shape index (κ1) is 13.0. The molecular formula is C12H13N3O4. The summed E-state index contributed by atoms with van der Waals surface area (Å²) in [7, 11) is 0. The second-order valence-electron chi connectivity index (χ2n) is 4.03. The van der Waals surface area contributed by atoms with Crippen LogP contribution in [0.25, 0.3) is 11.6 Å². The van der Waals surface area contributed by atoms with Gasteiger partial charge in [-0.25, -0.2) is 0 Å². The second-order valence-corrected chi connectivity index (χ2v) is 4.03. The van der Waals surface area contributed by atoms with Gasteiger partial charge in [-0.2, -0.15) is 0 Å². The first-order chi connectivity index (χ1) is 9.15. The summed E-state index contributed by atoms with van der Waals surface area (Å²) in [6, 6.07) is 4.67. The highest BCUT2D eigenvalue weighted by Crippen LogP contribution is 2.14. The van der Waals surface area contributed by atoms with E-state index in [0.29, 0.717) is 30.8 Å². The zero-order valence-corrected chi connectivity index (χ0v) is 10.1. The number of carboxylic acid groups (broad SMARTS) is 1. The van der Waals surface area contributed by atoms with E-state index in [0.717, 1.165) is 0 Å². The number of aryl methyl sites for hydroxylation is 1. The number of nitrogens with zero attached hydrogens (tertiary/aromatic N) is 2. The monoisotopic (exact) mass is 263 g/mol. The molecule has 0 atom stereocenters. The number of hydrogen-bond donors (Lipinski definition) is 2. The quantitative estimate of drug-likeness (QED) is 0.758. The SMILES string of the molecule is O=C(O)CCCCc1nnc(-c2cccc(=O)[nH]2)o1. The van der Waals surface area contributed by atoms with Crippen molar-refractivity contribution in [3.05, 3.63) is 34.4 Å². The fraction of sp³-hybridized carbons (Fsp3) is 0.333. The van der Waals surface area contributed by atoms with Gasteiger partial charge < -0.3 is 14.5 Å². The third-order valence-electron chi connectivity index (χ3n) is 2.50. The van der Waals surface area contributed by atoms with Gasteiger partial charge in [0.15, 0.2) is 0 Å². The molecule has 0 aliphatic carbocycles. The molecule has 0 radical (unpaired) electrons. The van der Waals surface area contributed by atoms with E-state index in [1.54, 1.807) is 12.1 Å². The van der Waals surface area contributed by atoms with Crippen LogP contribution in [0.4, 0.5) is 0 Å². The van der Waals surface area contributed by atoms with Crippen molar-refractivity contribution in [2.45, 2.75) is 25.7 Å². The third-order valence-corrected chi connectivity index (χ3v) is 2.50. The third kappa shape index (κ3) is 3.77. The molecule has 7 nitrogen and oxygen atoms in total. The minimum absolute atomic E-state index is 0.132. The standard InChI is InChI=1S/C12H13N3O4/c16-9-5-3-4-8(13-9)12-15-14-10(19-12)6-1-2-7-11(17)18/h3-5H,1-2,6-7H2,(H,13,16)(H,17,18). The number of hydrogen-bond acceptors (Lipinski definition) is 5. The molecule has 0 aliphatic rings. The van der Waals surface area contributed by atoms with Crippen LogP contribution in [0.3, 0.4) is 0 Å². The Balaban J connectivity index is 1.95. The minimum atomic E-state index is -0.812. The molecule has 0 unspecified atom stereocenters. The molecule has 19 heavy (non-hydrogen) atoms. The molecule has 2 rings (SSSR count). The lowest BCUT2D eigenvalue weighted by Gasteiger charge is -1.94. The Hall–Kier alpha value is -2.44. The van der Waals surface area contributed by atoms with Crippen molar-refractivity contribution in [2.75, 3.05) is 0 Å². The van der Waals surface area contributed by atoms with Gasteiger partial charge in [0.2, 0.25) is 11.4 Å². The normalized spacial score (nSPS) is 10.5. The number of H-pyrrole nitrogens is 1. The van der Waals surface area contributed by atoms with Crippen molar-refractivity contribution in [3.8, 4) is 11.6 Å². The molecule has 2 aromatic heterocycles. The van der Waals surface area contributed by atoms with Crippen LogP contribution in [-0.4, -0.2) is 26.3 Å². The van der Waals surface area contributed by atoms with Gasteiger partial charge in [0.05, 0.1) is 0 Å². The zero-order valence-electron chi connectivity index (χ0n) is 10.1. The molecule has 0 spiro atoms. The van der Waals surface area contributed by atoms with Gasteiger partial charge in [0.25, 0.3) is 5.89 Å². The Morgan fingerprint density at radius 2 is 2.16 bits per heavy atom. The van der Waals surface area contributed by atoms with E-state index in [2.05, 4.69) is 15.2 Å². The lowest BCUT2D eigenvalue weighted by molar-refractivity contribution is -0.137. The average molecular weight is 263 g/mol. The zero-order chi connectivity index (χ0) is 13.7. The summed E-state index contributed by atoms with van der Waals surface area (Å²) in [5, 5.41) is 16.2. The van der Waals surface area contributed by atoms with Crippen LogP contribution in [0.2, 0.25) is 0 Å². The fourth-order valence-electron chi connectivity index (χ4n) is 1.59. The number of carboxylic acids is 1. The number of aromatic amines is 1. The van der Waals surface area contributed by atoms with Crippen LogP contribution in [0.1, 0.15) is 25.2 Å². The Morgan fingerprint density at radius 3 is 2.89 bits per heavy atom. The highest BCUT2D eigenvalue weighted by Gasteiger charge is 2.09. The highest BCUT2D eigenvalue weighted by atomic mass is 16.4. The average Bonchev–Trinajstić information content (AvgIpc) is 2.83. The molecule has 0 saturated heterocycles. The minimum Gasteiger partial charge on any atom is -0.481 e. The lowest BCUT2D eigenvalue weighted by Crippen LogP contribution is -2.03. The Kier molecular flexibility index (Phi) is 4.07. The molecule has 0 saturated carbocycles. The molecule has 0 fully saturated rings. The fourth-order valence-corrected chi connectivity index (χ4v) is 1.59. The maximum absolute atomic E-state index is 11.1. The number of aromatic nitrogens is 3. The van der Waals surface area contributed by atoms with E-state index >= 15 is 0 Å². The number of pyridine rings is 1. The molecule has 0 aliphatic heterocycles. The molecule has 2 heterocycles. The van der Waals surface area contributed by atoms with Crippen LogP contribution >= 0.6 is 0 Å². The molecule has 100 valence electrons. The van der Waals surface area contributed by atoms with E-state index in [9.17, 15) is 9.59 Å². The number of nitrogens with one attached hydrogen (secondary N) is 1. The second kappa shape index (κ2) is 5.94. The van der Waals surface area contributed by atoms with Crippen LogP contribution < -0.4 is 5.56 Å². The topological polar surface area (TPSA) is 109 Å². The number of rotatable bonds is 6. The van der Waals surface area contributed by atoms with Crippen molar-refractivity contribution in [1.82, 2.24) is 15.2 Å². The van der Waals surface area contributed by atoms with E-state index in [1.165, 1.54) is 6.07 Å². The first-order valence-electron chi connectivity index (χ1n) is 5.89. The summed E-state index contributed by atoms with van der Waals surface area (Å²) in [6.07, 6.45) is 1.89. The van der Waals surface area contributed by atoms with Crippen molar-refractivity contribution in [2.24, 2.45) is 0 Å². The van der Waals surface area contributed by atoms with Gasteiger partial charge in [-0.3, -0.25) is 9.59 Å². The lowest BCUT2D eigenvalue weighted by atomic mass is 10.2. The predicted octanol–water partition coefficient (Wildman–Crippen LogP) is 1.22. The van der Waals surface area contributed by atoms with E-state index in [-0.39, 0.29) is 17.9 Å². The summed E-state index contributed by atoms with van der Waals surface area (Å²) < 4.78 is 5.39. The van der Waals surface area contributed by atoms with E-state index in [4.69, 9.17) is 9.52 Å².